The van der Waals surface area contributed by atoms with E-state index in [4.69, 9.17) is 4.74 Å². The van der Waals surface area contributed by atoms with Gasteiger partial charge < -0.3 is 4.74 Å². The van der Waals surface area contributed by atoms with Crippen LogP contribution in [0.1, 0.15) is 19.3 Å². The second-order valence-corrected chi connectivity index (χ2v) is 5.92. The highest BCUT2D eigenvalue weighted by molar-refractivity contribution is 6.06. The first-order chi connectivity index (χ1) is 8.75. The van der Waals surface area contributed by atoms with Gasteiger partial charge in [-0.1, -0.05) is 12.2 Å². The van der Waals surface area contributed by atoms with E-state index in [1.807, 2.05) is 0 Å². The van der Waals surface area contributed by atoms with Crippen LogP contribution in [0, 0.1) is 23.7 Å². The van der Waals surface area contributed by atoms with Gasteiger partial charge >= 0.3 is 0 Å². The SMILES string of the molecule is O=C1[C@H]2[C@H](C(=O)N1C[C@H]1CCCO1)[C@H]1C=C[C@H]2C1. The number of fused-ring (bicyclic) bond motifs is 5. The van der Waals surface area contributed by atoms with Crippen molar-refractivity contribution in [3.05, 3.63) is 12.2 Å². The molecule has 4 aliphatic rings. The van der Waals surface area contributed by atoms with Gasteiger partial charge in [0.15, 0.2) is 0 Å². The number of nitrogens with zero attached hydrogens (tertiary/aromatic N) is 1. The van der Waals surface area contributed by atoms with Crippen molar-refractivity contribution in [3.63, 3.8) is 0 Å². The Bertz CT molecular complexity index is 408. The van der Waals surface area contributed by atoms with Crippen molar-refractivity contribution in [1.29, 1.82) is 0 Å². The molecule has 0 unspecified atom stereocenters. The Labute approximate surface area is 106 Å². The number of hydrogen-bond acceptors (Lipinski definition) is 3. The monoisotopic (exact) mass is 247 g/mol. The quantitative estimate of drug-likeness (QED) is 0.539. The first-order valence-corrected chi connectivity index (χ1v) is 6.91. The van der Waals surface area contributed by atoms with E-state index in [1.54, 1.807) is 0 Å². The van der Waals surface area contributed by atoms with Gasteiger partial charge in [0.1, 0.15) is 0 Å². The van der Waals surface area contributed by atoms with Crippen LogP contribution in [0.15, 0.2) is 12.2 Å². The minimum atomic E-state index is -0.0612. The van der Waals surface area contributed by atoms with Crippen LogP contribution in [-0.4, -0.2) is 36.0 Å². The van der Waals surface area contributed by atoms with Gasteiger partial charge in [0, 0.05) is 6.61 Å². The molecule has 4 heteroatoms. The van der Waals surface area contributed by atoms with Crippen molar-refractivity contribution >= 4 is 11.8 Å². The number of carbonyl (C=O) groups excluding carboxylic acids is 2. The normalized spacial score (nSPS) is 45.3. The van der Waals surface area contributed by atoms with Gasteiger partial charge in [0.2, 0.25) is 11.8 Å². The molecule has 3 fully saturated rings. The minimum Gasteiger partial charge on any atom is -0.376 e. The number of rotatable bonds is 2. The molecule has 0 aromatic carbocycles. The van der Waals surface area contributed by atoms with E-state index in [0.717, 1.165) is 25.9 Å². The summed E-state index contributed by atoms with van der Waals surface area (Å²) in [6.07, 6.45) is 7.35. The summed E-state index contributed by atoms with van der Waals surface area (Å²) in [6, 6.07) is 0. The predicted octanol–water partition coefficient (Wildman–Crippen LogP) is 0.972. The van der Waals surface area contributed by atoms with Crippen molar-refractivity contribution in [2.24, 2.45) is 23.7 Å². The summed E-state index contributed by atoms with van der Waals surface area (Å²) in [6.45, 7) is 1.24. The highest BCUT2D eigenvalue weighted by atomic mass is 16.5. The van der Waals surface area contributed by atoms with Gasteiger partial charge in [0.05, 0.1) is 24.5 Å². The molecule has 5 atom stereocenters. The number of imide groups is 1. The van der Waals surface area contributed by atoms with Crippen LogP contribution in [0.5, 0.6) is 0 Å². The van der Waals surface area contributed by atoms with Gasteiger partial charge in [-0.15, -0.1) is 0 Å². The maximum absolute atomic E-state index is 12.4. The topological polar surface area (TPSA) is 46.6 Å². The predicted molar refractivity (Wildman–Crippen MR) is 63.4 cm³/mol. The third kappa shape index (κ3) is 1.30. The summed E-state index contributed by atoms with van der Waals surface area (Å²) in [4.78, 5) is 26.3. The van der Waals surface area contributed by atoms with Crippen molar-refractivity contribution < 1.29 is 14.3 Å². The molecular formula is C14H17NO3. The Kier molecular flexibility index (Phi) is 2.19. The fraction of sp³-hybridized carbons (Fsp3) is 0.714. The molecule has 0 aromatic rings. The first-order valence-electron chi connectivity index (χ1n) is 6.91. The number of hydrogen-bond donors (Lipinski definition) is 0. The lowest BCUT2D eigenvalue weighted by molar-refractivity contribution is -0.142. The van der Waals surface area contributed by atoms with E-state index < -0.39 is 0 Å². The van der Waals surface area contributed by atoms with E-state index in [2.05, 4.69) is 12.2 Å². The summed E-state index contributed by atoms with van der Waals surface area (Å²) in [7, 11) is 0. The third-order valence-corrected chi connectivity index (χ3v) is 4.97. The Morgan fingerprint density at radius 2 is 1.83 bits per heavy atom. The van der Waals surface area contributed by atoms with Gasteiger partial charge in [-0.05, 0) is 31.1 Å². The third-order valence-electron chi connectivity index (χ3n) is 4.97. The molecule has 2 bridgehead atoms. The lowest BCUT2D eigenvalue weighted by atomic mass is 9.85. The minimum absolute atomic E-state index is 0.0531. The number of carbonyl (C=O) groups is 2. The second kappa shape index (κ2) is 3.67. The Hall–Kier alpha value is -1.16. The van der Waals surface area contributed by atoms with E-state index in [-0.39, 0.29) is 29.8 Å². The van der Waals surface area contributed by atoms with Gasteiger partial charge in [-0.25, -0.2) is 0 Å². The summed E-state index contributed by atoms with van der Waals surface area (Å²) in [5.41, 5.74) is 0. The molecule has 18 heavy (non-hydrogen) atoms. The highest BCUT2D eigenvalue weighted by Crippen LogP contribution is 2.52. The summed E-state index contributed by atoms with van der Waals surface area (Å²) < 4.78 is 5.54. The van der Waals surface area contributed by atoms with E-state index in [9.17, 15) is 9.59 Å². The molecule has 1 saturated carbocycles. The molecular weight excluding hydrogens is 230 g/mol. The molecule has 4 nitrogen and oxygen atoms in total. The number of likely N-dealkylation sites (tertiary alicyclic amines) is 1. The molecule has 2 heterocycles. The van der Waals surface area contributed by atoms with Crippen LogP contribution >= 0.6 is 0 Å². The van der Waals surface area contributed by atoms with E-state index in [0.29, 0.717) is 18.4 Å². The van der Waals surface area contributed by atoms with Gasteiger partial charge in [-0.2, -0.15) is 0 Å². The molecule has 2 aliphatic carbocycles. The molecule has 0 aromatic heterocycles. The van der Waals surface area contributed by atoms with Crippen LogP contribution in [0.4, 0.5) is 0 Å². The number of amides is 2. The maximum Gasteiger partial charge on any atom is 0.233 e. The fourth-order valence-electron chi connectivity index (χ4n) is 4.14. The Balaban J connectivity index is 1.56. The average molecular weight is 247 g/mol. The van der Waals surface area contributed by atoms with Crippen LogP contribution in [0.25, 0.3) is 0 Å². The molecule has 2 amide bonds. The van der Waals surface area contributed by atoms with Crippen LogP contribution in [0.3, 0.4) is 0 Å². The largest absolute Gasteiger partial charge is 0.376 e. The Morgan fingerprint density at radius 1 is 1.17 bits per heavy atom. The van der Waals surface area contributed by atoms with Crippen molar-refractivity contribution in [1.82, 2.24) is 4.90 Å². The smallest absolute Gasteiger partial charge is 0.233 e. The van der Waals surface area contributed by atoms with Gasteiger partial charge in [0.25, 0.3) is 0 Å². The fourth-order valence-corrected chi connectivity index (χ4v) is 4.14. The van der Waals surface area contributed by atoms with Crippen molar-refractivity contribution in [2.75, 3.05) is 13.2 Å². The number of ether oxygens (including phenoxy) is 1. The average Bonchev–Trinajstić information content (AvgIpc) is 3.10. The van der Waals surface area contributed by atoms with Crippen LogP contribution in [-0.2, 0) is 14.3 Å². The molecule has 0 radical (unpaired) electrons. The molecule has 96 valence electrons. The second-order valence-electron chi connectivity index (χ2n) is 5.92. The zero-order valence-corrected chi connectivity index (χ0v) is 10.2. The van der Waals surface area contributed by atoms with Gasteiger partial charge in [-0.3, -0.25) is 14.5 Å². The lowest BCUT2D eigenvalue weighted by Crippen LogP contribution is -2.38. The van der Waals surface area contributed by atoms with E-state index >= 15 is 0 Å². The molecule has 4 rings (SSSR count). The van der Waals surface area contributed by atoms with E-state index in [1.165, 1.54) is 4.90 Å². The van der Waals surface area contributed by atoms with Crippen molar-refractivity contribution in [2.45, 2.75) is 25.4 Å². The zero-order valence-electron chi connectivity index (χ0n) is 10.2. The number of allylic oxidation sites excluding steroid dienone is 2. The standard InChI is InChI=1S/C14H17NO3/c16-13-11-8-3-4-9(6-8)12(11)14(17)15(13)7-10-2-1-5-18-10/h3-4,8-12H,1-2,5-7H2/t8-,9-,10+,11+,12+/m0/s1. The first kappa shape index (κ1) is 10.7. The lowest BCUT2D eigenvalue weighted by Gasteiger charge is -2.20. The summed E-state index contributed by atoms with van der Waals surface area (Å²) in [5.74, 6) is 0.606. The molecule has 0 spiro atoms. The van der Waals surface area contributed by atoms with Crippen LogP contribution in [0.2, 0.25) is 0 Å². The Morgan fingerprint density at radius 3 is 2.39 bits per heavy atom. The summed E-state index contributed by atoms with van der Waals surface area (Å²) in [5, 5.41) is 0. The molecule has 0 N–H and O–H groups in total. The van der Waals surface area contributed by atoms with Crippen molar-refractivity contribution in [3.8, 4) is 0 Å². The molecule has 2 aliphatic heterocycles. The zero-order chi connectivity index (χ0) is 12.3. The maximum atomic E-state index is 12.4. The molecule has 2 saturated heterocycles. The van der Waals surface area contributed by atoms with Crippen LogP contribution < -0.4 is 0 Å². The highest BCUT2D eigenvalue weighted by Gasteiger charge is 2.59. The summed E-state index contributed by atoms with van der Waals surface area (Å²) >= 11 is 0.